The van der Waals surface area contributed by atoms with E-state index in [1.54, 1.807) is 7.05 Å². The first kappa shape index (κ1) is 24.6. The van der Waals surface area contributed by atoms with Gasteiger partial charge in [-0.1, -0.05) is 58.7 Å². The molecule has 4 heteroatoms. The quantitative estimate of drug-likeness (QED) is 0.632. The van der Waals surface area contributed by atoms with Crippen molar-refractivity contribution < 1.29 is 37.5 Å². The summed E-state index contributed by atoms with van der Waals surface area (Å²) in [5.74, 6) is -0.0869. The van der Waals surface area contributed by atoms with Crippen LogP contribution in [-0.2, 0) is 32.7 Å². The van der Waals surface area contributed by atoms with E-state index in [-0.39, 0.29) is 38.6 Å². The van der Waals surface area contributed by atoms with Crippen LogP contribution in [0.3, 0.4) is 0 Å². The van der Waals surface area contributed by atoms with E-state index in [9.17, 15) is 4.79 Å². The maximum atomic E-state index is 11.2. The van der Waals surface area contributed by atoms with E-state index in [1.807, 2.05) is 58.0 Å². The van der Waals surface area contributed by atoms with Gasteiger partial charge < -0.3 is 16.7 Å². The minimum absolute atomic E-state index is 0. The zero-order valence-electron chi connectivity index (χ0n) is 15.3. The molecule has 1 aromatic heterocycles. The third-order valence-electron chi connectivity index (χ3n) is 3.07. The summed E-state index contributed by atoms with van der Waals surface area (Å²) in [7, 11) is 1.62. The van der Waals surface area contributed by atoms with Crippen LogP contribution in [0, 0.1) is 6.42 Å². The summed E-state index contributed by atoms with van der Waals surface area (Å²) < 4.78 is 0. The number of amides is 1. The average molecular weight is 392 g/mol. The van der Waals surface area contributed by atoms with Crippen molar-refractivity contribution in [1.29, 1.82) is 0 Å². The third-order valence-corrected chi connectivity index (χ3v) is 3.07. The summed E-state index contributed by atoms with van der Waals surface area (Å²) in [6, 6.07) is 9.64. The van der Waals surface area contributed by atoms with Crippen LogP contribution in [-0.4, -0.2) is 17.9 Å². The van der Waals surface area contributed by atoms with Gasteiger partial charge in [-0.3, -0.25) is 4.79 Å². The molecule has 0 aliphatic heterocycles. The molecule has 0 spiro atoms. The van der Waals surface area contributed by atoms with E-state index >= 15 is 0 Å². The van der Waals surface area contributed by atoms with Crippen molar-refractivity contribution in [3.8, 4) is 0 Å². The van der Waals surface area contributed by atoms with Crippen LogP contribution in [0.25, 0.3) is 10.9 Å². The topological polar surface area (TPSA) is 44.9 Å². The fraction of sp³-hybridized carbons (Fsp3) is 0.474. The molecular weight excluding hydrogens is 361 g/mol. The summed E-state index contributed by atoms with van der Waals surface area (Å²) in [6.07, 6.45) is 8.00. The molecule has 1 aliphatic rings. The molecule has 0 atom stereocenters. The monoisotopic (exact) mass is 392 g/mol. The number of aromatic nitrogens is 1. The number of para-hydroxylation sites is 1. The minimum atomic E-state index is -0.0869. The first-order valence-electron chi connectivity index (χ1n) is 8.43. The standard InChI is InChI=1S/C10H10N2O.C5H9.2C2H6.Y/c1-11-10(13)9-6-7-4-2-3-5-8(7)12-9;1-2-4-5-3-1;2*1-2;/h2-6,12H,1H3,(H,11,13);1H,2-5H2;2*1-2H3;/q;-1;;;. The second kappa shape index (κ2) is 16.2. The number of fused-ring (bicyclic) bond motifs is 1. The van der Waals surface area contributed by atoms with E-state index in [0.717, 1.165) is 10.9 Å². The number of hydrogen-bond donors (Lipinski definition) is 2. The number of benzene rings is 1. The largest absolute Gasteiger partial charge is 0.354 e. The van der Waals surface area contributed by atoms with E-state index in [4.69, 9.17) is 0 Å². The second-order valence-electron chi connectivity index (χ2n) is 4.42. The van der Waals surface area contributed by atoms with Gasteiger partial charge in [0.15, 0.2) is 0 Å². The Bertz CT molecular complexity index is 478. The third kappa shape index (κ3) is 9.27. The molecular formula is C19H31N2OY-. The van der Waals surface area contributed by atoms with Crippen LogP contribution in [0.4, 0.5) is 0 Å². The molecule has 1 aliphatic carbocycles. The number of carbonyl (C=O) groups is 1. The first-order chi connectivity index (χ1) is 10.8. The maximum absolute atomic E-state index is 11.2. The molecule has 127 valence electrons. The number of hydrogen-bond acceptors (Lipinski definition) is 1. The van der Waals surface area contributed by atoms with Crippen LogP contribution < -0.4 is 5.32 Å². The second-order valence-corrected chi connectivity index (χ2v) is 4.42. The van der Waals surface area contributed by atoms with E-state index in [2.05, 4.69) is 16.7 Å². The van der Waals surface area contributed by atoms with Crippen LogP contribution in [0.2, 0.25) is 0 Å². The van der Waals surface area contributed by atoms with Crippen LogP contribution in [0.5, 0.6) is 0 Å². The predicted octanol–water partition coefficient (Wildman–Crippen LogP) is 5.34. The van der Waals surface area contributed by atoms with E-state index in [1.165, 1.54) is 25.7 Å². The van der Waals surface area contributed by atoms with Gasteiger partial charge >= 0.3 is 0 Å². The van der Waals surface area contributed by atoms with Crippen LogP contribution >= 0.6 is 0 Å². The molecule has 1 amide bonds. The SMILES string of the molecule is CC.CC.CNC(=O)c1cc2ccccc2[nH]1.[CH-]1CCCC1.[Y]. The van der Waals surface area contributed by atoms with Crippen molar-refractivity contribution in [2.75, 3.05) is 7.05 Å². The van der Waals surface area contributed by atoms with Crippen molar-refractivity contribution in [1.82, 2.24) is 10.3 Å². The van der Waals surface area contributed by atoms with Crippen molar-refractivity contribution >= 4 is 16.8 Å². The van der Waals surface area contributed by atoms with Gasteiger partial charge in [-0.15, -0.1) is 0 Å². The number of H-pyrrole nitrogens is 1. The maximum Gasteiger partial charge on any atom is 0.267 e. The Hall–Kier alpha value is -0.666. The molecule has 0 bridgehead atoms. The minimum Gasteiger partial charge on any atom is -0.354 e. The summed E-state index contributed by atoms with van der Waals surface area (Å²) in [6.45, 7) is 8.00. The molecule has 0 unspecified atom stereocenters. The van der Waals surface area contributed by atoms with Crippen molar-refractivity contribution in [2.24, 2.45) is 0 Å². The molecule has 1 heterocycles. The van der Waals surface area contributed by atoms with Crippen molar-refractivity contribution in [2.45, 2.75) is 53.4 Å². The number of aromatic amines is 1. The Balaban J connectivity index is 0. The Morgan fingerprint density at radius 3 is 2.09 bits per heavy atom. The Labute approximate surface area is 166 Å². The van der Waals surface area contributed by atoms with E-state index in [0.29, 0.717) is 5.69 Å². The van der Waals surface area contributed by atoms with Crippen molar-refractivity contribution in [3.05, 3.63) is 42.4 Å². The summed E-state index contributed by atoms with van der Waals surface area (Å²) >= 11 is 0. The zero-order valence-corrected chi connectivity index (χ0v) is 18.1. The Morgan fingerprint density at radius 1 is 1.09 bits per heavy atom. The van der Waals surface area contributed by atoms with Gasteiger partial charge in [-0.2, -0.15) is 12.8 Å². The average Bonchev–Trinajstić information content (AvgIpc) is 3.30. The van der Waals surface area contributed by atoms with Gasteiger partial charge in [0, 0.05) is 50.7 Å². The molecule has 1 aromatic carbocycles. The fourth-order valence-corrected chi connectivity index (χ4v) is 2.05. The summed E-state index contributed by atoms with van der Waals surface area (Å²) in [4.78, 5) is 14.3. The van der Waals surface area contributed by atoms with Gasteiger partial charge in [-0.05, 0) is 12.1 Å². The van der Waals surface area contributed by atoms with Crippen LogP contribution in [0.1, 0.15) is 63.9 Å². The molecule has 2 N–H and O–H groups in total. The molecule has 1 radical (unpaired) electrons. The Morgan fingerprint density at radius 2 is 1.65 bits per heavy atom. The van der Waals surface area contributed by atoms with Gasteiger partial charge in [0.1, 0.15) is 5.69 Å². The molecule has 1 fully saturated rings. The number of rotatable bonds is 1. The molecule has 3 rings (SSSR count). The number of carbonyl (C=O) groups excluding carboxylic acids is 1. The van der Waals surface area contributed by atoms with Crippen molar-refractivity contribution in [3.63, 3.8) is 0 Å². The zero-order chi connectivity index (χ0) is 16.8. The molecule has 1 saturated carbocycles. The van der Waals surface area contributed by atoms with Crippen LogP contribution in [0.15, 0.2) is 30.3 Å². The number of nitrogens with one attached hydrogen (secondary N) is 2. The summed E-state index contributed by atoms with van der Waals surface area (Å²) in [5, 5.41) is 3.63. The molecule has 23 heavy (non-hydrogen) atoms. The predicted molar refractivity (Wildman–Crippen MR) is 97.2 cm³/mol. The van der Waals surface area contributed by atoms with Gasteiger partial charge in [0.2, 0.25) is 0 Å². The van der Waals surface area contributed by atoms with Gasteiger partial charge in [0.25, 0.3) is 5.91 Å². The molecule has 0 saturated heterocycles. The molecule has 3 nitrogen and oxygen atoms in total. The smallest absolute Gasteiger partial charge is 0.267 e. The molecule has 2 aromatic rings. The Kier molecular flexibility index (Phi) is 17.3. The summed E-state index contributed by atoms with van der Waals surface area (Å²) in [5.41, 5.74) is 1.59. The fourth-order valence-electron chi connectivity index (χ4n) is 2.05. The van der Waals surface area contributed by atoms with E-state index < -0.39 is 0 Å². The van der Waals surface area contributed by atoms with Gasteiger partial charge in [0.05, 0.1) is 0 Å². The normalized spacial score (nSPS) is 11.5. The first-order valence-corrected chi connectivity index (χ1v) is 8.43. The van der Waals surface area contributed by atoms with Gasteiger partial charge in [-0.25, -0.2) is 0 Å².